The van der Waals surface area contributed by atoms with Crippen LogP contribution in [0, 0.1) is 0 Å². The summed E-state index contributed by atoms with van der Waals surface area (Å²) in [5, 5.41) is 2.20. The molecule has 0 atom stereocenters. The van der Waals surface area contributed by atoms with Gasteiger partial charge in [0.2, 0.25) is 0 Å². The number of para-hydroxylation sites is 2. The number of unbranched alkanes of at least 4 members (excludes halogenated alkanes) is 7. The monoisotopic (exact) mass is 632 g/mol. The highest BCUT2D eigenvalue weighted by Crippen LogP contribution is 2.26. The molecule has 48 heavy (non-hydrogen) atoms. The molecule has 0 saturated heterocycles. The quantitative estimate of drug-likeness (QED) is 0.0939. The summed E-state index contributed by atoms with van der Waals surface area (Å²) >= 11 is 0. The summed E-state index contributed by atoms with van der Waals surface area (Å²) in [6, 6.07) is 41.3. The van der Waals surface area contributed by atoms with E-state index < -0.39 is 0 Å². The Balaban J connectivity index is 0.860. The number of rotatable bonds is 17. The lowest BCUT2D eigenvalue weighted by atomic mass is 10.1. The molecule has 4 aromatic carbocycles. The Morgan fingerprint density at radius 3 is 1.23 bits per heavy atom. The number of aromatic nitrogens is 2. The molecule has 0 fully saturated rings. The number of nitrogens with zero attached hydrogens (tertiary/aromatic N) is 2. The Kier molecular flexibility index (Phi) is 12.0. The van der Waals surface area contributed by atoms with E-state index in [0.29, 0.717) is 0 Å². The molecule has 0 bridgehead atoms. The van der Waals surface area contributed by atoms with E-state index in [1.165, 1.54) is 38.5 Å². The Morgan fingerprint density at radius 2 is 0.792 bits per heavy atom. The summed E-state index contributed by atoms with van der Waals surface area (Å²) in [6.07, 6.45) is 17.8. The third-order valence-corrected chi connectivity index (χ3v) is 8.46. The molecule has 0 aliphatic rings. The third kappa shape index (κ3) is 9.65. The average molecular weight is 633 g/mol. The molecule has 6 aromatic rings. The second-order valence-corrected chi connectivity index (χ2v) is 12.1. The average Bonchev–Trinajstić information content (AvgIpc) is 3.14. The lowest BCUT2D eigenvalue weighted by Crippen LogP contribution is -1.99. The van der Waals surface area contributed by atoms with E-state index in [4.69, 9.17) is 19.4 Å². The van der Waals surface area contributed by atoms with E-state index in [1.807, 2.05) is 60.7 Å². The van der Waals surface area contributed by atoms with E-state index in [1.54, 1.807) is 0 Å². The first-order chi connectivity index (χ1) is 23.8. The van der Waals surface area contributed by atoms with Gasteiger partial charge in [0.05, 0.1) is 24.6 Å². The summed E-state index contributed by atoms with van der Waals surface area (Å²) in [5.41, 5.74) is 6.04. The van der Waals surface area contributed by atoms with Gasteiger partial charge < -0.3 is 9.47 Å². The van der Waals surface area contributed by atoms with Crippen molar-refractivity contribution in [1.82, 2.24) is 9.97 Å². The summed E-state index contributed by atoms with van der Waals surface area (Å²) < 4.78 is 12.4. The minimum absolute atomic E-state index is 0.718. The molecular weight excluding hydrogens is 588 g/mol. The van der Waals surface area contributed by atoms with E-state index in [2.05, 4.69) is 85.0 Å². The zero-order chi connectivity index (χ0) is 32.6. The van der Waals surface area contributed by atoms with Gasteiger partial charge >= 0.3 is 0 Å². The molecule has 0 saturated carbocycles. The first-order valence-electron chi connectivity index (χ1n) is 17.3. The van der Waals surface area contributed by atoms with E-state index in [-0.39, 0.29) is 0 Å². The highest BCUT2D eigenvalue weighted by molar-refractivity contribution is 5.87. The number of ether oxygens (including phenoxy) is 2. The van der Waals surface area contributed by atoms with Crippen LogP contribution in [0.25, 0.3) is 46.1 Å². The fraction of sp³-hybridized carbons (Fsp3) is 0.227. The number of benzene rings is 4. The SMILES string of the molecule is C(=C\c1ccc2cccc(OCCCCCCCCCCOc3cccc4ccc(/C=C/c5ccccc5)nc34)c2n1)/c1ccccc1. The highest BCUT2D eigenvalue weighted by Gasteiger charge is 2.06. The first-order valence-corrected chi connectivity index (χ1v) is 17.3. The van der Waals surface area contributed by atoms with Crippen LogP contribution in [0.3, 0.4) is 0 Å². The van der Waals surface area contributed by atoms with Crippen LogP contribution in [0.2, 0.25) is 0 Å². The lowest BCUT2D eigenvalue weighted by molar-refractivity contribution is 0.304. The maximum Gasteiger partial charge on any atom is 0.145 e. The normalized spacial score (nSPS) is 11.6. The second-order valence-electron chi connectivity index (χ2n) is 12.1. The Labute approximate surface area is 284 Å². The van der Waals surface area contributed by atoms with Crippen LogP contribution in [0.4, 0.5) is 0 Å². The van der Waals surface area contributed by atoms with Crippen molar-refractivity contribution < 1.29 is 9.47 Å². The Bertz CT molecular complexity index is 1790. The van der Waals surface area contributed by atoms with Crippen LogP contribution >= 0.6 is 0 Å². The Hall–Kier alpha value is -5.22. The van der Waals surface area contributed by atoms with E-state index in [0.717, 1.165) is 81.9 Å². The van der Waals surface area contributed by atoms with Gasteiger partial charge in [0.15, 0.2) is 0 Å². The van der Waals surface area contributed by atoms with Crippen molar-refractivity contribution in [2.45, 2.75) is 51.4 Å². The first kappa shape index (κ1) is 32.7. The van der Waals surface area contributed by atoms with Gasteiger partial charge in [0.25, 0.3) is 0 Å². The van der Waals surface area contributed by atoms with Crippen LogP contribution in [-0.2, 0) is 0 Å². The predicted octanol–water partition coefficient (Wildman–Crippen LogP) is 11.7. The van der Waals surface area contributed by atoms with Crippen molar-refractivity contribution in [2.24, 2.45) is 0 Å². The van der Waals surface area contributed by atoms with Gasteiger partial charge in [0, 0.05) is 10.8 Å². The van der Waals surface area contributed by atoms with E-state index in [9.17, 15) is 0 Å². The zero-order valence-corrected chi connectivity index (χ0v) is 27.6. The molecular formula is C44H44N2O2. The van der Waals surface area contributed by atoms with Crippen LogP contribution in [0.5, 0.6) is 11.5 Å². The molecule has 0 aliphatic heterocycles. The second kappa shape index (κ2) is 17.6. The molecule has 0 amide bonds. The molecule has 4 heteroatoms. The molecule has 0 radical (unpaired) electrons. The standard InChI is InChI=1S/C44H44N2O2/c1(3-5-13-33-47-41-23-15-21-37-27-31-39(45-43(37)41)29-25-35-17-9-7-10-18-35)2-4-6-14-34-48-42-24-16-22-38-28-32-40(46-44(38)42)30-26-36-19-11-8-12-20-36/h7-12,15-32H,1-6,13-14,33-34H2/b29-25+,30-26+. The van der Waals surface area contributed by atoms with Gasteiger partial charge in [-0.1, -0.05) is 148 Å². The summed E-state index contributed by atoms with van der Waals surface area (Å²) in [7, 11) is 0. The smallest absolute Gasteiger partial charge is 0.145 e. The number of hydrogen-bond acceptors (Lipinski definition) is 4. The molecule has 0 unspecified atom stereocenters. The number of hydrogen-bond donors (Lipinski definition) is 0. The molecule has 2 heterocycles. The highest BCUT2D eigenvalue weighted by atomic mass is 16.5. The molecule has 242 valence electrons. The third-order valence-electron chi connectivity index (χ3n) is 8.46. The molecule has 4 nitrogen and oxygen atoms in total. The van der Waals surface area contributed by atoms with Crippen molar-refractivity contribution >= 4 is 46.1 Å². The number of fused-ring (bicyclic) bond motifs is 2. The van der Waals surface area contributed by atoms with Crippen LogP contribution in [-0.4, -0.2) is 23.2 Å². The van der Waals surface area contributed by atoms with Gasteiger partial charge in [0.1, 0.15) is 22.5 Å². The van der Waals surface area contributed by atoms with Crippen LogP contribution in [0.15, 0.2) is 121 Å². The number of pyridine rings is 2. The van der Waals surface area contributed by atoms with Crippen molar-refractivity contribution in [3.8, 4) is 11.5 Å². The van der Waals surface area contributed by atoms with Gasteiger partial charge in [-0.15, -0.1) is 0 Å². The molecule has 6 rings (SSSR count). The summed E-state index contributed by atoms with van der Waals surface area (Å²) in [5.74, 6) is 1.73. The van der Waals surface area contributed by atoms with Crippen molar-refractivity contribution in [2.75, 3.05) is 13.2 Å². The van der Waals surface area contributed by atoms with Crippen molar-refractivity contribution in [1.29, 1.82) is 0 Å². The molecule has 0 N–H and O–H groups in total. The largest absolute Gasteiger partial charge is 0.491 e. The Morgan fingerprint density at radius 1 is 0.375 bits per heavy atom. The summed E-state index contributed by atoms with van der Waals surface area (Å²) in [4.78, 5) is 9.77. The molecule has 0 spiro atoms. The fourth-order valence-electron chi connectivity index (χ4n) is 5.81. The minimum Gasteiger partial charge on any atom is -0.491 e. The van der Waals surface area contributed by atoms with Gasteiger partial charge in [-0.05, 0) is 60.4 Å². The fourth-order valence-corrected chi connectivity index (χ4v) is 5.81. The zero-order valence-electron chi connectivity index (χ0n) is 27.6. The van der Waals surface area contributed by atoms with Gasteiger partial charge in [-0.3, -0.25) is 0 Å². The van der Waals surface area contributed by atoms with Crippen molar-refractivity contribution in [3.05, 3.63) is 144 Å². The maximum atomic E-state index is 6.20. The molecule has 2 aromatic heterocycles. The van der Waals surface area contributed by atoms with Crippen LogP contribution in [0.1, 0.15) is 73.9 Å². The van der Waals surface area contributed by atoms with E-state index >= 15 is 0 Å². The minimum atomic E-state index is 0.718. The lowest BCUT2D eigenvalue weighted by Gasteiger charge is -2.10. The van der Waals surface area contributed by atoms with Gasteiger partial charge in [-0.2, -0.15) is 0 Å². The summed E-state index contributed by atoms with van der Waals surface area (Å²) in [6.45, 7) is 1.44. The topological polar surface area (TPSA) is 44.2 Å². The van der Waals surface area contributed by atoms with Gasteiger partial charge in [-0.25, -0.2) is 9.97 Å². The van der Waals surface area contributed by atoms with Crippen LogP contribution < -0.4 is 9.47 Å². The van der Waals surface area contributed by atoms with Crippen molar-refractivity contribution in [3.63, 3.8) is 0 Å². The maximum absolute atomic E-state index is 6.20. The molecule has 0 aliphatic carbocycles. The predicted molar refractivity (Wildman–Crippen MR) is 202 cm³/mol.